The summed E-state index contributed by atoms with van der Waals surface area (Å²) in [6.45, 7) is 4.20. The molecular weight excluding hydrogens is 200 g/mol. The first-order chi connectivity index (χ1) is 7.76. The summed E-state index contributed by atoms with van der Waals surface area (Å²) in [4.78, 5) is 0. The lowest BCUT2D eigenvalue weighted by Crippen LogP contribution is -1.92. The van der Waals surface area contributed by atoms with E-state index in [1.54, 1.807) is 7.11 Å². The van der Waals surface area contributed by atoms with Crippen molar-refractivity contribution < 1.29 is 4.74 Å². The normalized spacial score (nSPS) is 10.4. The van der Waals surface area contributed by atoms with Crippen molar-refractivity contribution in [1.29, 1.82) is 0 Å². The van der Waals surface area contributed by atoms with Gasteiger partial charge in [0.2, 0.25) is 0 Å². The molecule has 0 saturated carbocycles. The fraction of sp³-hybridized carbons (Fsp3) is 0.308. The Morgan fingerprint density at radius 2 is 2.19 bits per heavy atom. The van der Waals surface area contributed by atoms with Crippen LogP contribution in [0, 0.1) is 6.92 Å². The van der Waals surface area contributed by atoms with Gasteiger partial charge in [-0.15, -0.1) is 0 Å². The average molecular weight is 216 g/mol. The summed E-state index contributed by atoms with van der Waals surface area (Å²) in [7, 11) is 1.69. The van der Waals surface area contributed by atoms with Crippen LogP contribution in [-0.2, 0) is 6.42 Å². The number of aryl methyl sites for hydroxylation is 2. The maximum atomic E-state index is 5.23. The third kappa shape index (κ3) is 1.81. The van der Waals surface area contributed by atoms with Crippen molar-refractivity contribution in [3.63, 3.8) is 0 Å². The van der Waals surface area contributed by atoms with Crippen LogP contribution >= 0.6 is 0 Å². The Labute approximate surface area is 95.5 Å². The van der Waals surface area contributed by atoms with Crippen LogP contribution in [0.2, 0.25) is 0 Å². The number of nitrogens with zero attached hydrogens (tertiary/aromatic N) is 1. The van der Waals surface area contributed by atoms with E-state index in [4.69, 9.17) is 4.74 Å². The van der Waals surface area contributed by atoms with Crippen molar-refractivity contribution in [2.45, 2.75) is 20.3 Å². The second-order valence-corrected chi connectivity index (χ2v) is 3.79. The van der Waals surface area contributed by atoms with Crippen LogP contribution in [0.4, 0.5) is 0 Å². The molecule has 0 fully saturated rings. The number of aromatic nitrogens is 2. The van der Waals surface area contributed by atoms with Gasteiger partial charge in [-0.25, -0.2) is 0 Å². The van der Waals surface area contributed by atoms with Crippen LogP contribution in [0.15, 0.2) is 24.4 Å². The Morgan fingerprint density at radius 3 is 2.75 bits per heavy atom. The zero-order valence-electron chi connectivity index (χ0n) is 9.87. The van der Waals surface area contributed by atoms with E-state index in [1.165, 1.54) is 16.7 Å². The summed E-state index contributed by atoms with van der Waals surface area (Å²) in [5, 5.41) is 7.18. The second-order valence-electron chi connectivity index (χ2n) is 3.79. The average Bonchev–Trinajstić information content (AvgIpc) is 2.74. The van der Waals surface area contributed by atoms with Crippen LogP contribution in [-0.4, -0.2) is 17.3 Å². The van der Waals surface area contributed by atoms with E-state index in [0.717, 1.165) is 17.9 Å². The Balaban J connectivity index is 2.53. The van der Waals surface area contributed by atoms with Crippen molar-refractivity contribution in [2.24, 2.45) is 0 Å². The van der Waals surface area contributed by atoms with Gasteiger partial charge in [-0.2, -0.15) is 5.10 Å². The standard InChI is InChI=1S/C13H16N2O/c1-4-10-7-11(16-3)5-6-12(10)13-9(2)8-14-15-13/h5-8H,4H2,1-3H3,(H,14,15). The largest absolute Gasteiger partial charge is 0.497 e. The molecule has 3 nitrogen and oxygen atoms in total. The molecule has 2 rings (SSSR count). The minimum atomic E-state index is 0.897. The van der Waals surface area contributed by atoms with Gasteiger partial charge < -0.3 is 4.74 Å². The molecule has 16 heavy (non-hydrogen) atoms. The Morgan fingerprint density at radius 1 is 1.38 bits per heavy atom. The fourth-order valence-corrected chi connectivity index (χ4v) is 1.84. The maximum Gasteiger partial charge on any atom is 0.119 e. The molecule has 0 spiro atoms. The van der Waals surface area contributed by atoms with Crippen LogP contribution in [0.1, 0.15) is 18.1 Å². The van der Waals surface area contributed by atoms with Gasteiger partial charge in [-0.05, 0) is 42.7 Å². The summed E-state index contributed by atoms with van der Waals surface area (Å²) in [5.74, 6) is 0.897. The van der Waals surface area contributed by atoms with Gasteiger partial charge in [0.1, 0.15) is 5.75 Å². The quantitative estimate of drug-likeness (QED) is 0.856. The molecule has 0 saturated heterocycles. The van der Waals surface area contributed by atoms with Gasteiger partial charge in [0.15, 0.2) is 0 Å². The van der Waals surface area contributed by atoms with Gasteiger partial charge in [0, 0.05) is 11.8 Å². The van der Waals surface area contributed by atoms with E-state index in [0.29, 0.717) is 0 Å². The van der Waals surface area contributed by atoms with Crippen molar-refractivity contribution in [3.8, 4) is 17.0 Å². The molecule has 84 valence electrons. The summed E-state index contributed by atoms with van der Waals surface area (Å²) >= 11 is 0. The molecule has 0 bridgehead atoms. The van der Waals surface area contributed by atoms with Crippen molar-refractivity contribution >= 4 is 0 Å². The molecule has 2 aromatic rings. The summed E-state index contributed by atoms with van der Waals surface area (Å²) in [5.41, 5.74) is 4.64. The third-order valence-electron chi connectivity index (χ3n) is 2.78. The lowest BCUT2D eigenvalue weighted by molar-refractivity contribution is 0.414. The second kappa shape index (κ2) is 4.39. The van der Waals surface area contributed by atoms with Gasteiger partial charge in [0.25, 0.3) is 0 Å². The van der Waals surface area contributed by atoms with Gasteiger partial charge in [0.05, 0.1) is 12.8 Å². The van der Waals surface area contributed by atoms with E-state index < -0.39 is 0 Å². The first-order valence-corrected chi connectivity index (χ1v) is 5.44. The highest BCUT2D eigenvalue weighted by Crippen LogP contribution is 2.28. The van der Waals surface area contributed by atoms with Crippen LogP contribution in [0.25, 0.3) is 11.3 Å². The fourth-order valence-electron chi connectivity index (χ4n) is 1.84. The summed E-state index contributed by atoms with van der Waals surface area (Å²) in [6, 6.07) is 6.12. The topological polar surface area (TPSA) is 37.9 Å². The number of nitrogens with one attached hydrogen (secondary N) is 1. The number of hydrogen-bond acceptors (Lipinski definition) is 2. The van der Waals surface area contributed by atoms with Crippen LogP contribution in [0.5, 0.6) is 5.75 Å². The molecular formula is C13H16N2O. The summed E-state index contributed by atoms with van der Waals surface area (Å²) < 4.78 is 5.23. The number of H-pyrrole nitrogens is 1. The van der Waals surface area contributed by atoms with Gasteiger partial charge in [-0.3, -0.25) is 5.10 Å². The van der Waals surface area contributed by atoms with Crippen molar-refractivity contribution in [1.82, 2.24) is 10.2 Å². The molecule has 1 heterocycles. The Kier molecular flexibility index (Phi) is 2.95. The monoisotopic (exact) mass is 216 g/mol. The minimum absolute atomic E-state index is 0.897. The molecule has 0 radical (unpaired) electrons. The van der Waals surface area contributed by atoms with Crippen molar-refractivity contribution in [3.05, 3.63) is 35.5 Å². The highest BCUT2D eigenvalue weighted by molar-refractivity contribution is 5.67. The minimum Gasteiger partial charge on any atom is -0.497 e. The first-order valence-electron chi connectivity index (χ1n) is 5.44. The molecule has 1 N–H and O–H groups in total. The SMILES string of the molecule is CCc1cc(OC)ccc1-c1n[nH]cc1C. The zero-order chi connectivity index (χ0) is 11.5. The third-order valence-corrected chi connectivity index (χ3v) is 2.78. The lowest BCUT2D eigenvalue weighted by atomic mass is 10.0. The van der Waals surface area contributed by atoms with Crippen molar-refractivity contribution in [2.75, 3.05) is 7.11 Å². The Bertz CT molecular complexity index is 488. The lowest BCUT2D eigenvalue weighted by Gasteiger charge is -2.08. The smallest absolute Gasteiger partial charge is 0.119 e. The predicted octanol–water partition coefficient (Wildman–Crippen LogP) is 2.96. The number of benzene rings is 1. The van der Waals surface area contributed by atoms with E-state index in [-0.39, 0.29) is 0 Å². The molecule has 0 aliphatic rings. The molecule has 0 atom stereocenters. The molecule has 0 unspecified atom stereocenters. The number of ether oxygens (including phenoxy) is 1. The van der Waals surface area contributed by atoms with E-state index in [9.17, 15) is 0 Å². The van der Waals surface area contributed by atoms with E-state index in [2.05, 4.69) is 36.2 Å². The first kappa shape index (κ1) is 10.7. The molecule has 0 amide bonds. The molecule has 3 heteroatoms. The molecule has 0 aliphatic heterocycles. The van der Waals surface area contributed by atoms with E-state index >= 15 is 0 Å². The zero-order valence-corrected chi connectivity index (χ0v) is 9.87. The predicted molar refractivity (Wildman–Crippen MR) is 64.7 cm³/mol. The van der Waals surface area contributed by atoms with Gasteiger partial charge >= 0.3 is 0 Å². The maximum absolute atomic E-state index is 5.23. The molecule has 1 aromatic heterocycles. The van der Waals surface area contributed by atoms with E-state index in [1.807, 2.05) is 12.3 Å². The molecule has 1 aromatic carbocycles. The van der Waals surface area contributed by atoms with Crippen LogP contribution in [0.3, 0.4) is 0 Å². The highest BCUT2D eigenvalue weighted by atomic mass is 16.5. The van der Waals surface area contributed by atoms with Crippen LogP contribution < -0.4 is 4.74 Å². The summed E-state index contributed by atoms with van der Waals surface area (Å²) in [6.07, 6.45) is 2.89. The number of aromatic amines is 1. The number of hydrogen-bond donors (Lipinski definition) is 1. The molecule has 0 aliphatic carbocycles. The Hall–Kier alpha value is -1.77. The number of methoxy groups -OCH3 is 1. The number of rotatable bonds is 3. The highest BCUT2D eigenvalue weighted by Gasteiger charge is 2.09. The van der Waals surface area contributed by atoms with Gasteiger partial charge in [-0.1, -0.05) is 6.92 Å².